The summed E-state index contributed by atoms with van der Waals surface area (Å²) in [6.07, 6.45) is 0. The first-order chi connectivity index (χ1) is 17.3. The molecule has 0 bridgehead atoms. The molecule has 0 radical (unpaired) electrons. The summed E-state index contributed by atoms with van der Waals surface area (Å²) in [5.41, 5.74) is 8.49. The van der Waals surface area contributed by atoms with Crippen LogP contribution in [0.1, 0.15) is 0 Å². The van der Waals surface area contributed by atoms with E-state index in [1.54, 1.807) is 0 Å². The second-order valence-corrected chi connectivity index (χ2v) is 8.42. The molecule has 0 saturated heterocycles. The third kappa shape index (κ3) is 3.87. The number of benzene rings is 4. The minimum Gasteiger partial charge on any atom is -0.308 e. The highest BCUT2D eigenvalue weighted by Gasteiger charge is 2.19. The summed E-state index contributed by atoms with van der Waals surface area (Å²) in [5, 5.41) is 0. The normalized spacial score (nSPS) is 11.0. The Balaban J connectivity index is 1.63. The van der Waals surface area contributed by atoms with E-state index >= 15 is 0 Å². The number of para-hydroxylation sites is 1. The van der Waals surface area contributed by atoms with Gasteiger partial charge in [-0.15, -0.1) is 0 Å². The van der Waals surface area contributed by atoms with Gasteiger partial charge >= 0.3 is 0 Å². The molecule has 168 valence electrons. The lowest BCUT2D eigenvalue weighted by Crippen LogP contribution is -2.04. The van der Waals surface area contributed by atoms with Crippen LogP contribution in [0.15, 0.2) is 140 Å². The van der Waals surface area contributed by atoms with E-state index in [1.807, 2.05) is 42.5 Å². The van der Waals surface area contributed by atoms with Crippen LogP contribution in [0.3, 0.4) is 0 Å². The molecular formula is C32H23FN2. The molecule has 0 N–H and O–H groups in total. The van der Waals surface area contributed by atoms with Crippen LogP contribution in [-0.4, -0.2) is 9.13 Å². The Morgan fingerprint density at radius 3 is 1.17 bits per heavy atom. The molecular weight excluding hydrogens is 431 g/mol. The van der Waals surface area contributed by atoms with Crippen molar-refractivity contribution in [3.05, 3.63) is 145 Å². The average molecular weight is 455 g/mol. The molecule has 0 saturated carbocycles. The van der Waals surface area contributed by atoms with Crippen molar-refractivity contribution in [3.63, 3.8) is 0 Å². The van der Waals surface area contributed by atoms with Crippen LogP contribution in [0.25, 0.3) is 45.3 Å². The maximum Gasteiger partial charge on any atom is 0.123 e. The highest BCUT2D eigenvalue weighted by molar-refractivity contribution is 5.77. The molecule has 2 nitrogen and oxygen atoms in total. The van der Waals surface area contributed by atoms with Crippen LogP contribution >= 0.6 is 0 Å². The van der Waals surface area contributed by atoms with E-state index in [1.165, 1.54) is 12.1 Å². The number of halogens is 1. The van der Waals surface area contributed by atoms with Gasteiger partial charge in [0.1, 0.15) is 5.82 Å². The number of hydrogen-bond acceptors (Lipinski definition) is 0. The van der Waals surface area contributed by atoms with Gasteiger partial charge in [0.05, 0.1) is 22.8 Å². The Morgan fingerprint density at radius 2 is 0.714 bits per heavy atom. The average Bonchev–Trinajstić information content (AvgIpc) is 3.56. The third-order valence-corrected chi connectivity index (χ3v) is 6.26. The Hall–Kier alpha value is -4.63. The lowest BCUT2D eigenvalue weighted by Gasteiger charge is -2.18. The molecule has 0 aliphatic rings. The summed E-state index contributed by atoms with van der Waals surface area (Å²) in [6.45, 7) is 0. The van der Waals surface area contributed by atoms with E-state index < -0.39 is 0 Å². The van der Waals surface area contributed by atoms with Crippen LogP contribution in [-0.2, 0) is 0 Å². The quantitative estimate of drug-likeness (QED) is 0.247. The third-order valence-electron chi connectivity index (χ3n) is 6.26. The first-order valence-corrected chi connectivity index (χ1v) is 11.7. The second kappa shape index (κ2) is 8.96. The zero-order valence-corrected chi connectivity index (χ0v) is 19.1. The molecule has 35 heavy (non-hydrogen) atoms. The van der Waals surface area contributed by atoms with Gasteiger partial charge in [0, 0.05) is 11.4 Å². The molecule has 6 rings (SSSR count). The topological polar surface area (TPSA) is 9.86 Å². The summed E-state index contributed by atoms with van der Waals surface area (Å²) in [7, 11) is 0. The van der Waals surface area contributed by atoms with Crippen LogP contribution in [0.5, 0.6) is 0 Å². The van der Waals surface area contributed by atoms with Gasteiger partial charge in [-0.3, -0.25) is 0 Å². The van der Waals surface area contributed by atoms with Crippen molar-refractivity contribution in [3.8, 4) is 45.3 Å². The van der Waals surface area contributed by atoms with E-state index in [9.17, 15) is 4.39 Å². The van der Waals surface area contributed by atoms with Crippen molar-refractivity contribution >= 4 is 0 Å². The molecule has 0 spiro atoms. The standard InChI is InChI=1S/C32H23FN2/c33-26-16-18-28(19-17-26)35-30(25-12-6-2-7-13-25)21-23-32(35)31-22-20-29(24-10-4-1-5-11-24)34(31)27-14-8-3-9-15-27/h1-23H. The van der Waals surface area contributed by atoms with Crippen molar-refractivity contribution in [1.29, 1.82) is 0 Å². The number of rotatable bonds is 5. The van der Waals surface area contributed by atoms with Crippen molar-refractivity contribution in [2.75, 3.05) is 0 Å². The molecule has 0 aliphatic heterocycles. The molecule has 0 atom stereocenters. The van der Waals surface area contributed by atoms with Crippen LogP contribution in [0.4, 0.5) is 4.39 Å². The van der Waals surface area contributed by atoms with Crippen LogP contribution in [0.2, 0.25) is 0 Å². The van der Waals surface area contributed by atoms with E-state index in [0.717, 1.165) is 45.3 Å². The second-order valence-electron chi connectivity index (χ2n) is 8.42. The fourth-order valence-electron chi connectivity index (χ4n) is 4.67. The zero-order valence-electron chi connectivity index (χ0n) is 19.1. The van der Waals surface area contributed by atoms with Gasteiger partial charge in [0.2, 0.25) is 0 Å². The van der Waals surface area contributed by atoms with Gasteiger partial charge in [-0.05, 0) is 71.8 Å². The minimum atomic E-state index is -0.247. The Labute approximate surface area is 204 Å². The maximum absolute atomic E-state index is 13.8. The van der Waals surface area contributed by atoms with Gasteiger partial charge in [-0.1, -0.05) is 78.9 Å². The van der Waals surface area contributed by atoms with Crippen molar-refractivity contribution < 1.29 is 4.39 Å². The number of hydrogen-bond donors (Lipinski definition) is 0. The monoisotopic (exact) mass is 454 g/mol. The van der Waals surface area contributed by atoms with E-state index in [2.05, 4.69) is 94.1 Å². The summed E-state index contributed by atoms with van der Waals surface area (Å²) >= 11 is 0. The molecule has 0 fully saturated rings. The SMILES string of the molecule is Fc1ccc(-n2c(-c3ccccc3)ccc2-c2ccc(-c3ccccc3)n2-c2ccccc2)cc1. The maximum atomic E-state index is 13.8. The highest BCUT2D eigenvalue weighted by atomic mass is 19.1. The molecule has 0 amide bonds. The first kappa shape index (κ1) is 20.9. The van der Waals surface area contributed by atoms with Crippen molar-refractivity contribution in [2.45, 2.75) is 0 Å². The predicted octanol–water partition coefficient (Wildman–Crippen LogP) is 8.41. The fourth-order valence-corrected chi connectivity index (χ4v) is 4.67. The first-order valence-electron chi connectivity index (χ1n) is 11.7. The number of nitrogens with zero attached hydrogens (tertiary/aromatic N) is 2. The Bertz CT molecular complexity index is 1560. The largest absolute Gasteiger partial charge is 0.308 e. The lowest BCUT2D eigenvalue weighted by molar-refractivity contribution is 0.627. The van der Waals surface area contributed by atoms with Crippen molar-refractivity contribution in [1.82, 2.24) is 9.13 Å². The Morgan fingerprint density at radius 1 is 0.343 bits per heavy atom. The molecule has 2 aromatic heterocycles. The summed E-state index contributed by atoms with van der Waals surface area (Å²) in [5.74, 6) is -0.247. The van der Waals surface area contributed by atoms with Crippen molar-refractivity contribution in [2.24, 2.45) is 0 Å². The summed E-state index contributed by atoms with van der Waals surface area (Å²) in [4.78, 5) is 0. The smallest absolute Gasteiger partial charge is 0.123 e. The van der Waals surface area contributed by atoms with E-state index in [-0.39, 0.29) is 5.82 Å². The van der Waals surface area contributed by atoms with E-state index in [4.69, 9.17) is 0 Å². The summed E-state index contributed by atoms with van der Waals surface area (Å²) in [6, 6.07) is 46.4. The van der Waals surface area contributed by atoms with Gasteiger partial charge in [0.25, 0.3) is 0 Å². The van der Waals surface area contributed by atoms with Gasteiger partial charge in [0.15, 0.2) is 0 Å². The van der Waals surface area contributed by atoms with Gasteiger partial charge < -0.3 is 9.13 Å². The lowest BCUT2D eigenvalue weighted by atomic mass is 10.1. The van der Waals surface area contributed by atoms with Gasteiger partial charge in [-0.25, -0.2) is 4.39 Å². The fraction of sp³-hybridized carbons (Fsp3) is 0. The van der Waals surface area contributed by atoms with Crippen LogP contribution < -0.4 is 0 Å². The molecule has 2 heterocycles. The molecule has 0 aliphatic carbocycles. The highest BCUT2D eigenvalue weighted by Crippen LogP contribution is 2.37. The number of aromatic nitrogens is 2. The minimum absolute atomic E-state index is 0.247. The molecule has 4 aromatic carbocycles. The predicted molar refractivity (Wildman–Crippen MR) is 141 cm³/mol. The van der Waals surface area contributed by atoms with E-state index in [0.29, 0.717) is 0 Å². The molecule has 0 unspecified atom stereocenters. The Kier molecular flexibility index (Phi) is 5.36. The zero-order chi connectivity index (χ0) is 23.6. The molecule has 3 heteroatoms. The molecule has 6 aromatic rings. The van der Waals surface area contributed by atoms with Gasteiger partial charge in [-0.2, -0.15) is 0 Å². The van der Waals surface area contributed by atoms with Crippen LogP contribution in [0, 0.1) is 5.82 Å². The summed E-state index contributed by atoms with van der Waals surface area (Å²) < 4.78 is 18.3.